The third-order valence-corrected chi connectivity index (χ3v) is 7.23. The first-order valence-electron chi connectivity index (χ1n) is 9.70. The van der Waals surface area contributed by atoms with E-state index in [0.717, 1.165) is 23.8 Å². The monoisotopic (exact) mass is 342 g/mol. The van der Waals surface area contributed by atoms with Crippen LogP contribution in [0.3, 0.4) is 0 Å². The molecule has 1 aromatic rings. The average Bonchev–Trinajstić information content (AvgIpc) is 2.57. The standard InChI is InChI=1S/C23H34O2/c1-16-8-11-21-22(2,3)12-7-13-23(21,4)19(16)15-17-14-18(24-5)9-10-20(17)25-6/h9-10,14,19,21H,1,7-8,11-13,15H2,2-6H3/t19-,21-,23+/m1/s1. The van der Waals surface area contributed by atoms with E-state index in [0.29, 0.717) is 16.7 Å². The summed E-state index contributed by atoms with van der Waals surface area (Å²) in [7, 11) is 3.49. The summed E-state index contributed by atoms with van der Waals surface area (Å²) in [5, 5.41) is 0. The highest BCUT2D eigenvalue weighted by atomic mass is 16.5. The van der Waals surface area contributed by atoms with Crippen molar-refractivity contribution in [1.29, 1.82) is 0 Å². The molecule has 2 heteroatoms. The maximum absolute atomic E-state index is 5.65. The molecule has 0 amide bonds. The quantitative estimate of drug-likeness (QED) is 0.621. The Morgan fingerprint density at radius 3 is 2.56 bits per heavy atom. The fraction of sp³-hybridized carbons (Fsp3) is 0.652. The molecule has 1 aromatic carbocycles. The summed E-state index contributed by atoms with van der Waals surface area (Å²) in [5.41, 5.74) is 3.45. The number of rotatable bonds is 4. The molecule has 2 saturated carbocycles. The van der Waals surface area contributed by atoms with Gasteiger partial charge < -0.3 is 9.47 Å². The molecule has 3 rings (SSSR count). The summed E-state index contributed by atoms with van der Waals surface area (Å²) in [6.07, 6.45) is 7.47. The molecule has 0 radical (unpaired) electrons. The largest absolute Gasteiger partial charge is 0.497 e. The van der Waals surface area contributed by atoms with Gasteiger partial charge in [0.2, 0.25) is 0 Å². The number of methoxy groups -OCH3 is 2. The lowest BCUT2D eigenvalue weighted by atomic mass is 9.47. The molecule has 2 nitrogen and oxygen atoms in total. The summed E-state index contributed by atoms with van der Waals surface area (Å²) < 4.78 is 11.1. The van der Waals surface area contributed by atoms with E-state index in [-0.39, 0.29) is 0 Å². The van der Waals surface area contributed by atoms with Gasteiger partial charge in [0.25, 0.3) is 0 Å². The van der Waals surface area contributed by atoms with E-state index in [2.05, 4.69) is 33.4 Å². The predicted octanol–water partition coefficient (Wildman–Crippen LogP) is 6.05. The van der Waals surface area contributed by atoms with E-state index in [1.54, 1.807) is 14.2 Å². The van der Waals surface area contributed by atoms with Crippen LogP contribution >= 0.6 is 0 Å². The van der Waals surface area contributed by atoms with Crippen LogP contribution in [0.15, 0.2) is 30.4 Å². The Kier molecular flexibility index (Phi) is 4.92. The third-order valence-electron chi connectivity index (χ3n) is 7.23. The molecule has 0 heterocycles. The van der Waals surface area contributed by atoms with Gasteiger partial charge in [-0.3, -0.25) is 0 Å². The van der Waals surface area contributed by atoms with Crippen molar-refractivity contribution in [3.63, 3.8) is 0 Å². The van der Waals surface area contributed by atoms with E-state index in [1.165, 1.54) is 43.2 Å². The second-order valence-corrected chi connectivity index (χ2v) is 9.03. The first-order chi connectivity index (χ1) is 11.8. The van der Waals surface area contributed by atoms with E-state index in [1.807, 2.05) is 12.1 Å². The van der Waals surface area contributed by atoms with Crippen LogP contribution in [0.4, 0.5) is 0 Å². The van der Waals surface area contributed by atoms with Gasteiger partial charge in [-0.2, -0.15) is 0 Å². The smallest absolute Gasteiger partial charge is 0.122 e. The Bertz CT molecular complexity index is 645. The summed E-state index contributed by atoms with van der Waals surface area (Å²) in [5.74, 6) is 3.17. The van der Waals surface area contributed by atoms with Crippen molar-refractivity contribution < 1.29 is 9.47 Å². The fourth-order valence-electron chi connectivity index (χ4n) is 5.91. The molecular formula is C23H34O2. The van der Waals surface area contributed by atoms with Crippen LogP contribution in [-0.4, -0.2) is 14.2 Å². The maximum atomic E-state index is 5.65. The van der Waals surface area contributed by atoms with Crippen molar-refractivity contribution in [2.75, 3.05) is 14.2 Å². The van der Waals surface area contributed by atoms with Crippen molar-refractivity contribution in [2.45, 2.75) is 59.3 Å². The van der Waals surface area contributed by atoms with Crippen LogP contribution in [0.25, 0.3) is 0 Å². The SMILES string of the molecule is C=C1CC[C@@H]2C(C)(C)CCC[C@@]2(C)[C@@H]1Cc1cc(OC)ccc1OC. The highest BCUT2D eigenvalue weighted by Gasteiger charge is 2.52. The summed E-state index contributed by atoms with van der Waals surface area (Å²) in [6.45, 7) is 12.0. The maximum Gasteiger partial charge on any atom is 0.122 e. The fourth-order valence-corrected chi connectivity index (χ4v) is 5.91. The lowest BCUT2D eigenvalue weighted by Crippen LogP contribution is -2.50. The van der Waals surface area contributed by atoms with Crippen molar-refractivity contribution in [3.8, 4) is 11.5 Å². The Labute approximate surface area is 153 Å². The van der Waals surface area contributed by atoms with Gasteiger partial charge in [0.15, 0.2) is 0 Å². The van der Waals surface area contributed by atoms with Crippen molar-refractivity contribution >= 4 is 0 Å². The number of ether oxygens (including phenoxy) is 2. The number of benzene rings is 1. The molecule has 25 heavy (non-hydrogen) atoms. The summed E-state index contributed by atoms with van der Waals surface area (Å²) in [4.78, 5) is 0. The van der Waals surface area contributed by atoms with Gasteiger partial charge in [-0.1, -0.05) is 39.3 Å². The Morgan fingerprint density at radius 1 is 1.12 bits per heavy atom. The molecule has 138 valence electrons. The lowest BCUT2D eigenvalue weighted by Gasteiger charge is -2.58. The highest BCUT2D eigenvalue weighted by Crippen LogP contribution is 2.61. The zero-order chi connectivity index (χ0) is 18.2. The molecule has 3 atom stereocenters. The second kappa shape index (κ2) is 6.70. The summed E-state index contributed by atoms with van der Waals surface area (Å²) in [6, 6.07) is 6.16. The topological polar surface area (TPSA) is 18.5 Å². The number of allylic oxidation sites excluding steroid dienone is 1. The zero-order valence-electron chi connectivity index (χ0n) is 16.7. The van der Waals surface area contributed by atoms with Gasteiger partial charge in [-0.25, -0.2) is 0 Å². The first-order valence-corrected chi connectivity index (χ1v) is 9.70. The predicted molar refractivity (Wildman–Crippen MR) is 104 cm³/mol. The lowest BCUT2D eigenvalue weighted by molar-refractivity contribution is -0.0518. The number of hydrogen-bond acceptors (Lipinski definition) is 2. The van der Waals surface area contributed by atoms with Gasteiger partial charge in [-0.05, 0) is 78.5 Å². The van der Waals surface area contributed by atoms with Crippen LogP contribution in [0.2, 0.25) is 0 Å². The van der Waals surface area contributed by atoms with Crippen LogP contribution in [-0.2, 0) is 6.42 Å². The Balaban J connectivity index is 1.96. The minimum atomic E-state index is 0.338. The van der Waals surface area contributed by atoms with Crippen molar-refractivity contribution in [3.05, 3.63) is 35.9 Å². The molecule has 0 spiro atoms. The minimum Gasteiger partial charge on any atom is -0.497 e. The highest BCUT2D eigenvalue weighted by molar-refractivity contribution is 5.41. The van der Waals surface area contributed by atoms with E-state index >= 15 is 0 Å². The molecule has 0 aliphatic heterocycles. The van der Waals surface area contributed by atoms with Gasteiger partial charge in [0, 0.05) is 0 Å². The normalized spacial score (nSPS) is 31.3. The average molecular weight is 343 g/mol. The van der Waals surface area contributed by atoms with Crippen molar-refractivity contribution in [2.24, 2.45) is 22.7 Å². The van der Waals surface area contributed by atoms with Crippen molar-refractivity contribution in [1.82, 2.24) is 0 Å². The van der Waals surface area contributed by atoms with E-state index in [9.17, 15) is 0 Å². The molecule has 2 aliphatic carbocycles. The van der Waals surface area contributed by atoms with Gasteiger partial charge in [0.05, 0.1) is 14.2 Å². The van der Waals surface area contributed by atoms with Crippen LogP contribution < -0.4 is 9.47 Å². The summed E-state index contributed by atoms with van der Waals surface area (Å²) >= 11 is 0. The Morgan fingerprint density at radius 2 is 1.88 bits per heavy atom. The second-order valence-electron chi connectivity index (χ2n) is 9.03. The van der Waals surface area contributed by atoms with Gasteiger partial charge >= 0.3 is 0 Å². The van der Waals surface area contributed by atoms with E-state index in [4.69, 9.17) is 9.47 Å². The zero-order valence-corrected chi connectivity index (χ0v) is 16.7. The molecule has 0 N–H and O–H groups in total. The van der Waals surface area contributed by atoms with Crippen LogP contribution in [0.5, 0.6) is 11.5 Å². The molecule has 0 unspecified atom stereocenters. The Hall–Kier alpha value is -1.44. The molecule has 0 saturated heterocycles. The molecule has 0 aromatic heterocycles. The molecular weight excluding hydrogens is 308 g/mol. The van der Waals surface area contributed by atoms with Gasteiger partial charge in [-0.15, -0.1) is 0 Å². The molecule has 2 aliphatic rings. The molecule has 0 bridgehead atoms. The number of fused-ring (bicyclic) bond motifs is 1. The third kappa shape index (κ3) is 3.20. The van der Waals surface area contributed by atoms with Gasteiger partial charge in [0.1, 0.15) is 11.5 Å². The molecule has 2 fully saturated rings. The first kappa shape index (κ1) is 18.4. The number of hydrogen-bond donors (Lipinski definition) is 0. The van der Waals surface area contributed by atoms with E-state index < -0.39 is 0 Å². The van der Waals surface area contributed by atoms with Crippen LogP contribution in [0, 0.1) is 22.7 Å². The minimum absolute atomic E-state index is 0.338. The van der Waals surface area contributed by atoms with Crippen LogP contribution in [0.1, 0.15) is 58.4 Å².